The number of nitrogens with zero attached hydrogens (tertiary/aromatic N) is 3. The van der Waals surface area contributed by atoms with E-state index in [4.69, 9.17) is 4.74 Å². The molecule has 7 nitrogen and oxygen atoms in total. The van der Waals surface area contributed by atoms with Crippen LogP contribution < -0.4 is 5.56 Å². The number of carbonyl (C=O) groups is 2. The Morgan fingerprint density at radius 2 is 1.90 bits per heavy atom. The Morgan fingerprint density at radius 1 is 1.24 bits per heavy atom. The summed E-state index contributed by atoms with van der Waals surface area (Å²) < 4.78 is 7.10. The Balaban J connectivity index is 1.81. The molecule has 2 heterocycles. The van der Waals surface area contributed by atoms with Crippen molar-refractivity contribution in [2.75, 3.05) is 0 Å². The summed E-state index contributed by atoms with van der Waals surface area (Å²) in [5.41, 5.74) is 1.77. The molecule has 0 radical (unpaired) electrons. The third kappa shape index (κ3) is 4.04. The van der Waals surface area contributed by atoms with Crippen LogP contribution in [0.3, 0.4) is 0 Å². The molecule has 156 valence electrons. The van der Waals surface area contributed by atoms with E-state index in [1.54, 1.807) is 36.6 Å². The van der Waals surface area contributed by atoms with Crippen LogP contribution in [0.25, 0.3) is 11.0 Å². The van der Waals surface area contributed by atoms with Crippen molar-refractivity contribution in [2.45, 2.75) is 78.6 Å². The molecule has 1 fully saturated rings. The van der Waals surface area contributed by atoms with Crippen molar-refractivity contribution in [3.63, 3.8) is 0 Å². The molecule has 1 aromatic heterocycles. The second-order valence-corrected chi connectivity index (χ2v) is 7.87. The van der Waals surface area contributed by atoms with E-state index in [-0.39, 0.29) is 23.6 Å². The van der Waals surface area contributed by atoms with Gasteiger partial charge in [0.2, 0.25) is 0 Å². The van der Waals surface area contributed by atoms with Crippen molar-refractivity contribution in [3.05, 3.63) is 39.8 Å². The second kappa shape index (κ2) is 8.35. The van der Waals surface area contributed by atoms with Crippen molar-refractivity contribution < 1.29 is 14.3 Å². The van der Waals surface area contributed by atoms with Gasteiger partial charge < -0.3 is 14.2 Å². The Bertz CT molecular complexity index is 987. The molecule has 0 spiro atoms. The van der Waals surface area contributed by atoms with E-state index >= 15 is 0 Å². The van der Waals surface area contributed by atoms with E-state index in [9.17, 15) is 14.4 Å². The fraction of sp³-hybridized carbons (Fsp3) is 0.545. The van der Waals surface area contributed by atoms with Gasteiger partial charge in [0.1, 0.15) is 5.69 Å². The van der Waals surface area contributed by atoms with Gasteiger partial charge in [0, 0.05) is 18.6 Å². The Hall–Kier alpha value is -2.70. The zero-order valence-electron chi connectivity index (χ0n) is 17.8. The number of esters is 1. The normalized spacial score (nSPS) is 20.5. The molecule has 1 amide bonds. The van der Waals surface area contributed by atoms with E-state index in [1.165, 1.54) is 0 Å². The molecular weight excluding hydrogens is 370 g/mol. The fourth-order valence-corrected chi connectivity index (χ4v) is 4.16. The van der Waals surface area contributed by atoms with Crippen LogP contribution in [0.1, 0.15) is 63.0 Å². The smallest absolute Gasteiger partial charge is 0.338 e. The predicted octanol–water partition coefficient (Wildman–Crippen LogP) is 3.06. The van der Waals surface area contributed by atoms with Crippen LogP contribution in [0.5, 0.6) is 0 Å². The van der Waals surface area contributed by atoms with Crippen molar-refractivity contribution in [1.29, 1.82) is 0 Å². The summed E-state index contributed by atoms with van der Waals surface area (Å²) in [6.45, 7) is 9.74. The number of aryl methyl sites for hydroxylation is 2. The highest BCUT2D eigenvalue weighted by molar-refractivity contribution is 5.95. The average molecular weight is 399 g/mol. The van der Waals surface area contributed by atoms with Crippen molar-refractivity contribution >= 4 is 22.9 Å². The summed E-state index contributed by atoms with van der Waals surface area (Å²) in [7, 11) is 0. The van der Waals surface area contributed by atoms with Gasteiger partial charge >= 0.3 is 5.97 Å². The molecule has 29 heavy (non-hydrogen) atoms. The van der Waals surface area contributed by atoms with E-state index in [0.29, 0.717) is 28.8 Å². The summed E-state index contributed by atoms with van der Waals surface area (Å²) in [6.07, 6.45) is 2.17. The molecule has 0 aliphatic carbocycles. The van der Waals surface area contributed by atoms with Crippen LogP contribution in [0.15, 0.2) is 23.0 Å². The molecule has 7 heteroatoms. The minimum Gasteiger partial charge on any atom is -0.449 e. The molecule has 1 saturated heterocycles. The first-order valence-electron chi connectivity index (χ1n) is 10.3. The minimum absolute atomic E-state index is 0.140. The standard InChI is InChI=1S/C22H29N3O4/c1-6-24-19-11-10-17(12-18(19)23-15(4)20(24)26)22(28)29-16(5)21(27)25-13(2)8-7-9-14(25)3/h10-14,16H,6-9H2,1-5H3/t13-,14-,16+/m0/s1. The highest BCUT2D eigenvalue weighted by Gasteiger charge is 2.33. The first kappa shape index (κ1) is 21.0. The lowest BCUT2D eigenvalue weighted by Gasteiger charge is -2.40. The second-order valence-electron chi connectivity index (χ2n) is 7.87. The lowest BCUT2D eigenvalue weighted by molar-refractivity contribution is -0.146. The molecule has 1 aliphatic rings. The molecule has 0 unspecified atom stereocenters. The number of hydrogen-bond donors (Lipinski definition) is 0. The van der Waals surface area contributed by atoms with Gasteiger partial charge in [-0.15, -0.1) is 0 Å². The molecule has 3 atom stereocenters. The Kier molecular flexibility index (Phi) is 6.05. The maximum atomic E-state index is 12.9. The van der Waals surface area contributed by atoms with Gasteiger partial charge in [-0.25, -0.2) is 9.78 Å². The van der Waals surface area contributed by atoms with Gasteiger partial charge in [-0.3, -0.25) is 9.59 Å². The topological polar surface area (TPSA) is 81.5 Å². The zero-order chi connectivity index (χ0) is 21.3. The molecule has 3 rings (SSSR count). The Labute approximate surface area is 170 Å². The van der Waals surface area contributed by atoms with E-state index in [2.05, 4.69) is 4.98 Å². The van der Waals surface area contributed by atoms with Gasteiger partial charge in [0.15, 0.2) is 6.10 Å². The van der Waals surface area contributed by atoms with E-state index < -0.39 is 12.1 Å². The highest BCUT2D eigenvalue weighted by atomic mass is 16.5. The maximum absolute atomic E-state index is 12.9. The lowest BCUT2D eigenvalue weighted by Crippen LogP contribution is -2.51. The van der Waals surface area contributed by atoms with E-state index in [0.717, 1.165) is 19.3 Å². The maximum Gasteiger partial charge on any atom is 0.338 e. The first-order chi connectivity index (χ1) is 13.7. The fourth-order valence-electron chi connectivity index (χ4n) is 4.16. The number of carbonyl (C=O) groups excluding carboxylic acids is 2. The molecular formula is C22H29N3O4. The summed E-state index contributed by atoms with van der Waals surface area (Å²) in [5.74, 6) is -0.730. The van der Waals surface area contributed by atoms with Gasteiger partial charge in [-0.2, -0.15) is 0 Å². The van der Waals surface area contributed by atoms with Crippen LogP contribution in [0, 0.1) is 6.92 Å². The molecule has 1 aromatic carbocycles. The Morgan fingerprint density at radius 3 is 2.52 bits per heavy atom. The third-order valence-electron chi connectivity index (χ3n) is 5.74. The number of amides is 1. The molecule has 0 bridgehead atoms. The molecule has 0 N–H and O–H groups in total. The average Bonchev–Trinajstić information content (AvgIpc) is 2.68. The lowest BCUT2D eigenvalue weighted by atomic mass is 9.97. The number of likely N-dealkylation sites (tertiary alicyclic amines) is 1. The number of benzene rings is 1. The zero-order valence-corrected chi connectivity index (χ0v) is 17.8. The monoisotopic (exact) mass is 399 g/mol. The van der Waals surface area contributed by atoms with Crippen molar-refractivity contribution in [1.82, 2.24) is 14.5 Å². The summed E-state index contributed by atoms with van der Waals surface area (Å²) in [4.78, 5) is 43.9. The molecule has 2 aromatic rings. The molecule has 0 saturated carbocycles. The van der Waals surface area contributed by atoms with Crippen LogP contribution in [0.2, 0.25) is 0 Å². The van der Waals surface area contributed by atoms with Crippen LogP contribution in [-0.4, -0.2) is 44.5 Å². The third-order valence-corrected chi connectivity index (χ3v) is 5.74. The largest absolute Gasteiger partial charge is 0.449 e. The van der Waals surface area contributed by atoms with Crippen molar-refractivity contribution in [2.24, 2.45) is 0 Å². The first-order valence-corrected chi connectivity index (χ1v) is 10.3. The summed E-state index contributed by atoms with van der Waals surface area (Å²) >= 11 is 0. The number of hydrogen-bond acceptors (Lipinski definition) is 5. The summed E-state index contributed by atoms with van der Waals surface area (Å²) in [5, 5.41) is 0. The number of ether oxygens (including phenoxy) is 1. The highest BCUT2D eigenvalue weighted by Crippen LogP contribution is 2.24. The SMILES string of the molecule is CCn1c(=O)c(C)nc2cc(C(=O)O[C@H](C)C(=O)N3[C@@H](C)CCC[C@@H]3C)ccc21. The van der Waals surface area contributed by atoms with Gasteiger partial charge in [-0.1, -0.05) is 0 Å². The van der Waals surface area contributed by atoms with Crippen molar-refractivity contribution in [3.8, 4) is 0 Å². The summed E-state index contributed by atoms with van der Waals surface area (Å²) in [6, 6.07) is 5.21. The number of piperidine rings is 1. The van der Waals surface area contributed by atoms with Gasteiger partial charge in [0.05, 0.1) is 16.6 Å². The number of rotatable bonds is 4. The van der Waals surface area contributed by atoms with Gasteiger partial charge in [0.25, 0.3) is 11.5 Å². The van der Waals surface area contributed by atoms with Crippen LogP contribution >= 0.6 is 0 Å². The number of aromatic nitrogens is 2. The van der Waals surface area contributed by atoms with Gasteiger partial charge in [-0.05, 0) is 72.1 Å². The predicted molar refractivity (Wildman–Crippen MR) is 111 cm³/mol. The minimum atomic E-state index is -0.861. The van der Waals surface area contributed by atoms with Crippen LogP contribution in [-0.2, 0) is 16.1 Å². The van der Waals surface area contributed by atoms with Crippen LogP contribution in [0.4, 0.5) is 0 Å². The quantitative estimate of drug-likeness (QED) is 0.738. The molecule has 1 aliphatic heterocycles. The number of fused-ring (bicyclic) bond motifs is 1. The van der Waals surface area contributed by atoms with E-state index in [1.807, 2.05) is 25.7 Å².